The van der Waals surface area contributed by atoms with Crippen LogP contribution in [0.4, 0.5) is 4.79 Å². The van der Waals surface area contributed by atoms with E-state index in [0.717, 1.165) is 0 Å². The average molecular weight is 305 g/mol. The average Bonchev–Trinajstić information content (AvgIpc) is 2.38. The first-order chi connectivity index (χ1) is 9.36. The fourth-order valence-electron chi connectivity index (χ4n) is 1.24. The van der Waals surface area contributed by atoms with Gasteiger partial charge < -0.3 is 21.1 Å². The fourth-order valence-corrected chi connectivity index (χ4v) is 1.71. The van der Waals surface area contributed by atoms with Crippen molar-refractivity contribution in [3.8, 4) is 0 Å². The van der Waals surface area contributed by atoms with Gasteiger partial charge >= 0.3 is 12.0 Å². The lowest BCUT2D eigenvalue weighted by Gasteiger charge is -2.14. The Labute approximate surface area is 123 Å². The molecule has 0 fully saturated rings. The van der Waals surface area contributed by atoms with E-state index in [1.165, 1.54) is 11.8 Å². The number of urea groups is 1. The van der Waals surface area contributed by atoms with Crippen LogP contribution in [0.2, 0.25) is 0 Å². The third-order valence-electron chi connectivity index (χ3n) is 2.33. The van der Waals surface area contributed by atoms with Gasteiger partial charge in [0.25, 0.3) is 0 Å². The number of hydrogen-bond acceptors (Lipinski definition) is 4. The van der Waals surface area contributed by atoms with Crippen molar-refractivity contribution in [2.75, 3.05) is 25.1 Å². The Kier molecular flexibility index (Phi) is 9.61. The molecule has 0 aliphatic heterocycles. The lowest BCUT2D eigenvalue weighted by Crippen LogP contribution is -2.48. The lowest BCUT2D eigenvalue weighted by atomic mass is 10.2. The van der Waals surface area contributed by atoms with E-state index in [9.17, 15) is 14.4 Å². The molecule has 0 rings (SSSR count). The van der Waals surface area contributed by atoms with E-state index in [4.69, 9.17) is 5.11 Å². The van der Waals surface area contributed by atoms with Crippen molar-refractivity contribution in [2.24, 2.45) is 5.92 Å². The molecular weight excluding hydrogens is 282 g/mol. The number of rotatable bonds is 9. The zero-order chi connectivity index (χ0) is 15.5. The highest BCUT2D eigenvalue weighted by Gasteiger charge is 2.19. The van der Waals surface area contributed by atoms with Crippen LogP contribution in [0.3, 0.4) is 0 Å². The number of carbonyl (C=O) groups is 3. The van der Waals surface area contributed by atoms with Crippen LogP contribution >= 0.6 is 11.8 Å². The van der Waals surface area contributed by atoms with Gasteiger partial charge in [0.05, 0.1) is 6.54 Å². The Balaban J connectivity index is 4.01. The number of amides is 3. The number of thioether (sulfide) groups is 1. The number of hydrogen-bond donors (Lipinski definition) is 4. The van der Waals surface area contributed by atoms with E-state index in [0.29, 0.717) is 24.6 Å². The minimum absolute atomic E-state index is 0.173. The summed E-state index contributed by atoms with van der Waals surface area (Å²) in [7, 11) is 0. The predicted molar refractivity (Wildman–Crippen MR) is 78.8 cm³/mol. The Bertz CT molecular complexity index is 337. The molecule has 7 nitrogen and oxygen atoms in total. The van der Waals surface area contributed by atoms with Crippen LogP contribution in [0, 0.1) is 5.92 Å². The molecule has 0 spiro atoms. The molecular formula is C12H23N3O4S. The minimum atomic E-state index is -1.08. The Morgan fingerprint density at radius 3 is 2.35 bits per heavy atom. The maximum Gasteiger partial charge on any atom is 0.326 e. The second-order valence-electron chi connectivity index (χ2n) is 4.70. The summed E-state index contributed by atoms with van der Waals surface area (Å²) in [6.07, 6.45) is 2.20. The first-order valence-corrected chi connectivity index (χ1v) is 7.79. The molecule has 0 heterocycles. The van der Waals surface area contributed by atoms with E-state index < -0.39 is 18.0 Å². The molecule has 0 aromatic rings. The quantitative estimate of drug-likeness (QED) is 0.489. The second-order valence-corrected chi connectivity index (χ2v) is 5.68. The van der Waals surface area contributed by atoms with E-state index in [-0.39, 0.29) is 12.5 Å². The third kappa shape index (κ3) is 9.48. The summed E-state index contributed by atoms with van der Waals surface area (Å²) in [5, 5.41) is 16.3. The number of carbonyl (C=O) groups excluding carboxylic acids is 2. The van der Waals surface area contributed by atoms with Gasteiger partial charge in [-0.25, -0.2) is 9.59 Å². The van der Waals surface area contributed by atoms with Crippen molar-refractivity contribution in [3.05, 3.63) is 0 Å². The molecule has 8 heteroatoms. The fraction of sp³-hybridized carbons (Fsp3) is 0.750. The molecule has 0 aliphatic rings. The lowest BCUT2D eigenvalue weighted by molar-refractivity contribution is -0.139. The van der Waals surface area contributed by atoms with Crippen LogP contribution < -0.4 is 16.0 Å². The molecule has 0 aromatic heterocycles. The first kappa shape index (κ1) is 18.6. The van der Waals surface area contributed by atoms with Crippen LogP contribution in [0.1, 0.15) is 20.3 Å². The number of carboxylic acids is 1. The summed E-state index contributed by atoms with van der Waals surface area (Å²) in [5.41, 5.74) is 0. The van der Waals surface area contributed by atoms with Crippen molar-refractivity contribution in [2.45, 2.75) is 26.3 Å². The monoisotopic (exact) mass is 305 g/mol. The molecule has 0 unspecified atom stereocenters. The van der Waals surface area contributed by atoms with Gasteiger partial charge in [-0.2, -0.15) is 11.8 Å². The summed E-state index contributed by atoms with van der Waals surface area (Å²) in [5.74, 6) is -0.425. The number of aliphatic carboxylic acids is 1. The van der Waals surface area contributed by atoms with E-state index in [1.54, 1.807) is 0 Å². The molecule has 0 saturated carbocycles. The maximum absolute atomic E-state index is 11.5. The van der Waals surface area contributed by atoms with Crippen molar-refractivity contribution in [1.82, 2.24) is 16.0 Å². The number of nitrogens with one attached hydrogen (secondary N) is 3. The summed E-state index contributed by atoms with van der Waals surface area (Å²) in [6, 6.07) is -1.60. The third-order valence-corrected chi connectivity index (χ3v) is 2.98. The van der Waals surface area contributed by atoms with E-state index >= 15 is 0 Å². The topological polar surface area (TPSA) is 108 Å². The van der Waals surface area contributed by atoms with Crippen molar-refractivity contribution < 1.29 is 19.5 Å². The Morgan fingerprint density at radius 1 is 1.20 bits per heavy atom. The molecule has 0 aromatic carbocycles. The summed E-state index contributed by atoms with van der Waals surface area (Å²) in [6.45, 7) is 4.29. The molecule has 4 N–H and O–H groups in total. The molecule has 0 aliphatic carbocycles. The smallest absolute Gasteiger partial charge is 0.326 e. The van der Waals surface area contributed by atoms with Crippen LogP contribution in [0.15, 0.2) is 0 Å². The van der Waals surface area contributed by atoms with Crippen molar-refractivity contribution >= 4 is 29.7 Å². The van der Waals surface area contributed by atoms with Gasteiger partial charge in [0.1, 0.15) is 6.04 Å². The highest BCUT2D eigenvalue weighted by molar-refractivity contribution is 7.98. The molecule has 0 bridgehead atoms. The van der Waals surface area contributed by atoms with E-state index in [2.05, 4.69) is 16.0 Å². The molecule has 20 heavy (non-hydrogen) atoms. The second kappa shape index (κ2) is 10.4. The molecule has 0 radical (unpaired) electrons. The van der Waals surface area contributed by atoms with Crippen LogP contribution in [-0.2, 0) is 9.59 Å². The highest BCUT2D eigenvalue weighted by Crippen LogP contribution is 2.00. The SMILES string of the molecule is CSCC[C@@H](NC(=O)NCC(=O)NCC(C)C)C(=O)O. The minimum Gasteiger partial charge on any atom is -0.480 e. The van der Waals surface area contributed by atoms with Gasteiger partial charge in [-0.15, -0.1) is 0 Å². The molecule has 116 valence electrons. The maximum atomic E-state index is 11.5. The molecule has 1 atom stereocenters. The highest BCUT2D eigenvalue weighted by atomic mass is 32.2. The zero-order valence-electron chi connectivity index (χ0n) is 12.1. The van der Waals surface area contributed by atoms with E-state index in [1.807, 2.05) is 20.1 Å². The van der Waals surface area contributed by atoms with Crippen molar-refractivity contribution in [1.29, 1.82) is 0 Å². The Morgan fingerprint density at radius 2 is 1.85 bits per heavy atom. The normalized spacial score (nSPS) is 11.8. The van der Waals surface area contributed by atoms with Gasteiger partial charge in [-0.1, -0.05) is 13.8 Å². The largest absolute Gasteiger partial charge is 0.480 e. The summed E-state index contributed by atoms with van der Waals surface area (Å²) < 4.78 is 0. The molecule has 3 amide bonds. The van der Waals surface area contributed by atoms with Crippen LogP contribution in [0.5, 0.6) is 0 Å². The standard InChI is InChI=1S/C12H23N3O4S/c1-8(2)6-13-10(16)7-14-12(19)15-9(11(17)18)4-5-20-3/h8-9H,4-7H2,1-3H3,(H,13,16)(H,17,18)(H2,14,15,19)/t9-/m1/s1. The van der Waals surface area contributed by atoms with Gasteiger partial charge in [0.15, 0.2) is 0 Å². The number of carboxylic acid groups (broad SMARTS) is 1. The van der Waals surface area contributed by atoms with Gasteiger partial charge in [-0.05, 0) is 24.3 Å². The predicted octanol–water partition coefficient (Wildman–Crippen LogP) is 0.264. The molecule has 0 saturated heterocycles. The van der Waals surface area contributed by atoms with Crippen LogP contribution in [-0.4, -0.2) is 54.2 Å². The van der Waals surface area contributed by atoms with Crippen LogP contribution in [0.25, 0.3) is 0 Å². The zero-order valence-corrected chi connectivity index (χ0v) is 12.9. The van der Waals surface area contributed by atoms with Gasteiger partial charge in [0.2, 0.25) is 5.91 Å². The summed E-state index contributed by atoms with van der Waals surface area (Å²) in [4.78, 5) is 33.8. The van der Waals surface area contributed by atoms with Gasteiger partial charge in [-0.3, -0.25) is 4.79 Å². The first-order valence-electron chi connectivity index (χ1n) is 6.39. The van der Waals surface area contributed by atoms with Crippen molar-refractivity contribution in [3.63, 3.8) is 0 Å². The summed E-state index contributed by atoms with van der Waals surface area (Å²) >= 11 is 1.50. The Hall–Kier alpha value is -1.44. The van der Waals surface area contributed by atoms with Gasteiger partial charge in [0, 0.05) is 6.54 Å².